The normalized spacial score (nSPS) is 18.8. The van der Waals surface area contributed by atoms with Gasteiger partial charge in [0.25, 0.3) is 0 Å². The third kappa shape index (κ3) is 3.39. The van der Waals surface area contributed by atoms with E-state index in [-0.39, 0.29) is 6.04 Å². The number of hydrazine groups is 1. The molecule has 0 aromatic heterocycles. The highest BCUT2D eigenvalue weighted by atomic mass is 35.5. The molecule has 1 fully saturated rings. The van der Waals surface area contributed by atoms with Crippen molar-refractivity contribution in [1.82, 2.24) is 5.43 Å². The Hall–Kier alpha value is -0.280. The molecule has 1 aliphatic carbocycles. The van der Waals surface area contributed by atoms with Crippen LogP contribution in [0.25, 0.3) is 0 Å². The molecular weight excluding hydrogens is 267 g/mol. The van der Waals surface area contributed by atoms with Crippen LogP contribution >= 0.6 is 23.2 Å². The van der Waals surface area contributed by atoms with Crippen molar-refractivity contribution in [3.8, 4) is 0 Å². The Kier molecular flexibility index (Phi) is 5.31. The monoisotopic (exact) mass is 286 g/mol. The molecule has 1 saturated carbocycles. The van der Waals surface area contributed by atoms with E-state index in [9.17, 15) is 0 Å². The molecule has 0 spiro atoms. The van der Waals surface area contributed by atoms with Gasteiger partial charge in [0.2, 0.25) is 0 Å². The average molecular weight is 287 g/mol. The molecule has 0 aliphatic heterocycles. The van der Waals surface area contributed by atoms with Crippen LogP contribution in [-0.2, 0) is 6.42 Å². The number of nitrogens with one attached hydrogen (secondary N) is 1. The van der Waals surface area contributed by atoms with E-state index in [1.165, 1.54) is 32.1 Å². The summed E-state index contributed by atoms with van der Waals surface area (Å²) in [6.45, 7) is 0. The minimum absolute atomic E-state index is 0.266. The average Bonchev–Trinajstić information content (AvgIpc) is 2.40. The standard InChI is InChI=1S/C14H20Cl2N2/c15-12-7-4-8-13(16)11(12)9-14(18-17)10-5-2-1-3-6-10/h4,7-8,10,14,18H,1-3,5-6,9,17H2. The first-order valence-corrected chi connectivity index (χ1v) is 7.37. The van der Waals surface area contributed by atoms with E-state index in [0.717, 1.165) is 22.0 Å². The van der Waals surface area contributed by atoms with Crippen LogP contribution in [0.3, 0.4) is 0 Å². The van der Waals surface area contributed by atoms with Gasteiger partial charge in [-0.3, -0.25) is 11.3 Å². The number of rotatable bonds is 4. The summed E-state index contributed by atoms with van der Waals surface area (Å²) < 4.78 is 0. The summed E-state index contributed by atoms with van der Waals surface area (Å²) in [4.78, 5) is 0. The molecule has 4 heteroatoms. The predicted molar refractivity (Wildman–Crippen MR) is 77.9 cm³/mol. The molecule has 3 N–H and O–H groups in total. The molecular formula is C14H20Cl2N2. The van der Waals surface area contributed by atoms with Crippen molar-refractivity contribution in [2.24, 2.45) is 11.8 Å². The first-order valence-electron chi connectivity index (χ1n) is 6.61. The van der Waals surface area contributed by atoms with Gasteiger partial charge >= 0.3 is 0 Å². The molecule has 0 saturated heterocycles. The Balaban J connectivity index is 2.09. The lowest BCUT2D eigenvalue weighted by atomic mass is 9.82. The van der Waals surface area contributed by atoms with Gasteiger partial charge in [-0.2, -0.15) is 0 Å². The first kappa shape index (κ1) is 14.1. The smallest absolute Gasteiger partial charge is 0.0453 e. The Bertz CT molecular complexity index is 369. The van der Waals surface area contributed by atoms with Gasteiger partial charge in [-0.05, 0) is 42.9 Å². The highest BCUT2D eigenvalue weighted by Crippen LogP contribution is 2.31. The lowest BCUT2D eigenvalue weighted by Crippen LogP contribution is -2.43. The van der Waals surface area contributed by atoms with Gasteiger partial charge in [0.05, 0.1) is 0 Å². The molecule has 0 bridgehead atoms. The van der Waals surface area contributed by atoms with Crippen LogP contribution in [0, 0.1) is 5.92 Å². The SMILES string of the molecule is NNC(Cc1c(Cl)cccc1Cl)C1CCCCC1. The Labute approximate surface area is 119 Å². The molecule has 2 rings (SSSR count). The van der Waals surface area contributed by atoms with Crippen molar-refractivity contribution in [1.29, 1.82) is 0 Å². The van der Waals surface area contributed by atoms with E-state index in [1.807, 2.05) is 18.2 Å². The second kappa shape index (κ2) is 6.76. The second-order valence-electron chi connectivity index (χ2n) is 5.08. The summed E-state index contributed by atoms with van der Waals surface area (Å²) in [5, 5.41) is 1.47. The summed E-state index contributed by atoms with van der Waals surface area (Å²) >= 11 is 12.4. The van der Waals surface area contributed by atoms with Crippen LogP contribution in [0.1, 0.15) is 37.7 Å². The topological polar surface area (TPSA) is 38.0 Å². The molecule has 0 heterocycles. The fourth-order valence-electron chi connectivity index (χ4n) is 2.85. The fourth-order valence-corrected chi connectivity index (χ4v) is 3.40. The van der Waals surface area contributed by atoms with Gasteiger partial charge in [0.1, 0.15) is 0 Å². The number of hydrogen-bond donors (Lipinski definition) is 2. The van der Waals surface area contributed by atoms with Gasteiger partial charge in [0.15, 0.2) is 0 Å². The van der Waals surface area contributed by atoms with E-state index < -0.39 is 0 Å². The zero-order chi connectivity index (χ0) is 13.0. The minimum atomic E-state index is 0.266. The van der Waals surface area contributed by atoms with E-state index in [1.54, 1.807) is 0 Å². The van der Waals surface area contributed by atoms with E-state index in [2.05, 4.69) is 5.43 Å². The molecule has 2 nitrogen and oxygen atoms in total. The Morgan fingerprint density at radius 2 is 1.78 bits per heavy atom. The highest BCUT2D eigenvalue weighted by Gasteiger charge is 2.24. The molecule has 1 aromatic carbocycles. The van der Waals surface area contributed by atoms with Gasteiger partial charge in [-0.25, -0.2) is 0 Å². The van der Waals surface area contributed by atoms with Crippen molar-refractivity contribution >= 4 is 23.2 Å². The minimum Gasteiger partial charge on any atom is -0.271 e. The van der Waals surface area contributed by atoms with Crippen LogP contribution in [0.2, 0.25) is 10.0 Å². The summed E-state index contributed by atoms with van der Waals surface area (Å²) in [6, 6.07) is 5.91. The Morgan fingerprint density at radius 1 is 1.17 bits per heavy atom. The van der Waals surface area contributed by atoms with Crippen LogP contribution in [0.4, 0.5) is 0 Å². The summed E-state index contributed by atoms with van der Waals surface area (Å²) in [5.41, 5.74) is 3.97. The van der Waals surface area contributed by atoms with Crippen LogP contribution in [-0.4, -0.2) is 6.04 Å². The van der Waals surface area contributed by atoms with Crippen LogP contribution < -0.4 is 11.3 Å². The number of nitrogens with two attached hydrogens (primary N) is 1. The Morgan fingerprint density at radius 3 is 2.33 bits per heavy atom. The molecule has 0 radical (unpaired) electrons. The molecule has 0 amide bonds. The van der Waals surface area contributed by atoms with Crippen molar-refractivity contribution in [2.45, 2.75) is 44.6 Å². The van der Waals surface area contributed by atoms with Crippen molar-refractivity contribution in [3.63, 3.8) is 0 Å². The third-order valence-electron chi connectivity index (χ3n) is 3.92. The summed E-state index contributed by atoms with van der Waals surface area (Å²) in [6.07, 6.45) is 7.26. The number of hydrogen-bond acceptors (Lipinski definition) is 2. The first-order chi connectivity index (χ1) is 8.72. The second-order valence-corrected chi connectivity index (χ2v) is 5.89. The fraction of sp³-hybridized carbons (Fsp3) is 0.571. The van der Waals surface area contributed by atoms with E-state index in [4.69, 9.17) is 29.0 Å². The molecule has 1 unspecified atom stereocenters. The predicted octanol–water partition coefficient (Wildman–Crippen LogP) is 3.95. The van der Waals surface area contributed by atoms with Gasteiger partial charge in [0, 0.05) is 16.1 Å². The van der Waals surface area contributed by atoms with Crippen LogP contribution in [0.15, 0.2) is 18.2 Å². The maximum atomic E-state index is 6.22. The maximum absolute atomic E-state index is 6.22. The lowest BCUT2D eigenvalue weighted by molar-refractivity contribution is 0.268. The molecule has 100 valence electrons. The largest absolute Gasteiger partial charge is 0.271 e. The zero-order valence-electron chi connectivity index (χ0n) is 10.5. The molecule has 1 aliphatic rings. The third-order valence-corrected chi connectivity index (χ3v) is 4.63. The molecule has 18 heavy (non-hydrogen) atoms. The molecule has 1 aromatic rings. The van der Waals surface area contributed by atoms with E-state index >= 15 is 0 Å². The van der Waals surface area contributed by atoms with Gasteiger partial charge in [-0.15, -0.1) is 0 Å². The summed E-state index contributed by atoms with van der Waals surface area (Å²) in [5.74, 6) is 6.35. The molecule has 1 atom stereocenters. The highest BCUT2D eigenvalue weighted by molar-refractivity contribution is 6.36. The van der Waals surface area contributed by atoms with Gasteiger partial charge in [-0.1, -0.05) is 48.5 Å². The maximum Gasteiger partial charge on any atom is 0.0453 e. The number of halogens is 2. The lowest BCUT2D eigenvalue weighted by Gasteiger charge is -2.30. The van der Waals surface area contributed by atoms with Gasteiger partial charge < -0.3 is 0 Å². The van der Waals surface area contributed by atoms with Crippen molar-refractivity contribution < 1.29 is 0 Å². The quantitative estimate of drug-likeness (QED) is 0.650. The zero-order valence-corrected chi connectivity index (χ0v) is 12.0. The number of benzene rings is 1. The van der Waals surface area contributed by atoms with Crippen molar-refractivity contribution in [2.75, 3.05) is 0 Å². The van der Waals surface area contributed by atoms with E-state index in [0.29, 0.717) is 5.92 Å². The van der Waals surface area contributed by atoms with Crippen LogP contribution in [0.5, 0.6) is 0 Å². The van der Waals surface area contributed by atoms with Crippen molar-refractivity contribution in [3.05, 3.63) is 33.8 Å². The summed E-state index contributed by atoms with van der Waals surface area (Å²) in [7, 11) is 0.